The summed E-state index contributed by atoms with van der Waals surface area (Å²) < 4.78 is 20.6. The molecule has 1 N–H and O–H groups in total. The number of carbonyl (C=O) groups is 3. The average Bonchev–Trinajstić information content (AvgIpc) is 2.71. The van der Waals surface area contributed by atoms with Crippen molar-refractivity contribution in [3.05, 3.63) is 0 Å². The number of aliphatic hydroxyl groups excluding tert-OH is 1. The Morgan fingerprint density at radius 2 is 1.34 bits per heavy atom. The normalized spacial score (nSPS) is 12.8. The second kappa shape index (κ2) is 18.4. The predicted molar refractivity (Wildman–Crippen MR) is 107 cm³/mol. The molecule has 0 rings (SSSR count). The first-order chi connectivity index (χ1) is 14.0. The van der Waals surface area contributed by atoms with E-state index in [2.05, 4.69) is 6.92 Å². The van der Waals surface area contributed by atoms with Crippen molar-refractivity contribution in [2.24, 2.45) is 11.8 Å². The van der Waals surface area contributed by atoms with Gasteiger partial charge in [-0.25, -0.2) is 0 Å². The van der Waals surface area contributed by atoms with Gasteiger partial charge in [0.25, 0.3) is 0 Å². The van der Waals surface area contributed by atoms with Crippen LogP contribution in [0.2, 0.25) is 0 Å². The van der Waals surface area contributed by atoms with Gasteiger partial charge < -0.3 is 24.1 Å². The van der Waals surface area contributed by atoms with Crippen LogP contribution in [-0.2, 0) is 33.3 Å². The van der Waals surface area contributed by atoms with Gasteiger partial charge in [-0.1, -0.05) is 46.5 Å². The molecule has 0 amide bonds. The molecule has 0 aromatic heterocycles. The number of ether oxygens (including phenoxy) is 4. The number of unbranched alkanes of at least 4 members (excludes halogenated alkanes) is 4. The van der Waals surface area contributed by atoms with Crippen LogP contribution in [0.4, 0.5) is 0 Å². The lowest BCUT2D eigenvalue weighted by atomic mass is 9.91. The molecule has 2 atom stereocenters. The fourth-order valence-corrected chi connectivity index (χ4v) is 2.54. The lowest BCUT2D eigenvalue weighted by molar-refractivity contribution is -0.164. The van der Waals surface area contributed by atoms with Crippen LogP contribution < -0.4 is 0 Å². The minimum Gasteiger partial charge on any atom is -0.465 e. The molecule has 0 spiro atoms. The Balaban J connectivity index is 4.70. The lowest BCUT2D eigenvalue weighted by Gasteiger charge is -2.21. The molecule has 8 heteroatoms. The van der Waals surface area contributed by atoms with Crippen LogP contribution >= 0.6 is 0 Å². The van der Waals surface area contributed by atoms with Crippen molar-refractivity contribution in [2.75, 3.05) is 39.6 Å². The third-order valence-electron chi connectivity index (χ3n) is 4.38. The summed E-state index contributed by atoms with van der Waals surface area (Å²) in [5.41, 5.74) is 0. The maximum atomic E-state index is 12.5. The topological polar surface area (TPSA) is 108 Å². The third-order valence-corrected chi connectivity index (χ3v) is 4.38. The molecule has 0 fully saturated rings. The van der Waals surface area contributed by atoms with Gasteiger partial charge in [0.05, 0.1) is 51.3 Å². The van der Waals surface area contributed by atoms with Gasteiger partial charge in [0.15, 0.2) is 0 Å². The van der Waals surface area contributed by atoms with Gasteiger partial charge in [0.2, 0.25) is 0 Å². The maximum absolute atomic E-state index is 12.5. The van der Waals surface area contributed by atoms with Gasteiger partial charge in [-0.15, -0.1) is 0 Å². The van der Waals surface area contributed by atoms with E-state index in [-0.39, 0.29) is 39.5 Å². The highest BCUT2D eigenvalue weighted by atomic mass is 16.6. The van der Waals surface area contributed by atoms with Gasteiger partial charge in [0.1, 0.15) is 6.61 Å². The molecule has 8 nitrogen and oxygen atoms in total. The summed E-state index contributed by atoms with van der Waals surface area (Å²) >= 11 is 0. The zero-order valence-electron chi connectivity index (χ0n) is 18.2. The van der Waals surface area contributed by atoms with Gasteiger partial charge in [-0.2, -0.15) is 0 Å². The summed E-state index contributed by atoms with van der Waals surface area (Å²) in [5.74, 6) is -3.49. The molecule has 0 aliphatic rings. The highest BCUT2D eigenvalue weighted by Gasteiger charge is 2.35. The summed E-state index contributed by atoms with van der Waals surface area (Å²) in [6.45, 7) is 6.41. The summed E-state index contributed by atoms with van der Waals surface area (Å²) in [7, 11) is 0. The van der Waals surface area contributed by atoms with E-state index in [1.165, 1.54) is 0 Å². The van der Waals surface area contributed by atoms with Crippen molar-refractivity contribution in [3.8, 4) is 0 Å². The molecular formula is C21H38O8. The Morgan fingerprint density at radius 1 is 0.759 bits per heavy atom. The van der Waals surface area contributed by atoms with E-state index in [1.54, 1.807) is 6.92 Å². The molecule has 170 valence electrons. The van der Waals surface area contributed by atoms with E-state index in [9.17, 15) is 14.4 Å². The first-order valence-corrected chi connectivity index (χ1v) is 10.6. The van der Waals surface area contributed by atoms with Crippen LogP contribution in [-0.4, -0.2) is 62.7 Å². The zero-order chi connectivity index (χ0) is 21.9. The first kappa shape index (κ1) is 27.3. The monoisotopic (exact) mass is 418 g/mol. The molecule has 0 aromatic rings. The smallest absolute Gasteiger partial charge is 0.310 e. The number of esters is 3. The molecule has 2 unspecified atom stereocenters. The third kappa shape index (κ3) is 14.0. The van der Waals surface area contributed by atoms with E-state index in [0.717, 1.165) is 38.5 Å². The second-order valence-corrected chi connectivity index (χ2v) is 6.90. The van der Waals surface area contributed by atoms with Crippen LogP contribution in [0.15, 0.2) is 0 Å². The molecule has 0 saturated heterocycles. The van der Waals surface area contributed by atoms with Gasteiger partial charge >= 0.3 is 17.9 Å². The molecule has 0 saturated carbocycles. The maximum Gasteiger partial charge on any atom is 0.310 e. The van der Waals surface area contributed by atoms with Crippen molar-refractivity contribution < 1.29 is 38.4 Å². The number of aliphatic hydroxyl groups is 1. The van der Waals surface area contributed by atoms with Crippen LogP contribution in [0.25, 0.3) is 0 Å². The minimum atomic E-state index is -0.957. The van der Waals surface area contributed by atoms with Crippen molar-refractivity contribution in [1.29, 1.82) is 0 Å². The highest BCUT2D eigenvalue weighted by Crippen LogP contribution is 2.21. The van der Waals surface area contributed by atoms with Crippen molar-refractivity contribution in [3.63, 3.8) is 0 Å². The van der Waals surface area contributed by atoms with Gasteiger partial charge in [-0.3, -0.25) is 14.4 Å². The van der Waals surface area contributed by atoms with Crippen LogP contribution in [0.1, 0.15) is 65.7 Å². The van der Waals surface area contributed by atoms with E-state index in [4.69, 9.17) is 24.1 Å². The Kier molecular flexibility index (Phi) is 17.3. The molecular weight excluding hydrogens is 380 g/mol. The summed E-state index contributed by atoms with van der Waals surface area (Å²) in [6, 6.07) is 0. The average molecular weight is 419 g/mol. The Hall–Kier alpha value is -1.67. The Labute approximate surface area is 174 Å². The quantitative estimate of drug-likeness (QED) is 0.206. The van der Waals surface area contributed by atoms with Crippen LogP contribution in [0.3, 0.4) is 0 Å². The summed E-state index contributed by atoms with van der Waals surface area (Å²) in [6.07, 6.45) is 5.12. The predicted octanol–water partition coefficient (Wildman–Crippen LogP) is 2.65. The number of rotatable bonds is 18. The molecule has 29 heavy (non-hydrogen) atoms. The zero-order valence-corrected chi connectivity index (χ0v) is 18.2. The SMILES string of the molecule is CCCCCOC(=O)C(C)C(CC(=O)OCCOCCO)C(=O)OCCCCC. The molecule has 0 aromatic carbocycles. The Bertz CT molecular complexity index is 452. The highest BCUT2D eigenvalue weighted by molar-refractivity contribution is 5.85. The molecule has 0 radical (unpaired) electrons. The van der Waals surface area contributed by atoms with E-state index in [0.29, 0.717) is 6.61 Å². The van der Waals surface area contributed by atoms with Gasteiger partial charge in [-0.05, 0) is 12.8 Å². The largest absolute Gasteiger partial charge is 0.465 e. The van der Waals surface area contributed by atoms with Crippen molar-refractivity contribution >= 4 is 17.9 Å². The van der Waals surface area contributed by atoms with E-state index < -0.39 is 29.7 Å². The number of carbonyl (C=O) groups excluding carboxylic acids is 3. The molecule has 0 bridgehead atoms. The fraction of sp³-hybridized carbons (Fsp3) is 0.857. The summed E-state index contributed by atoms with van der Waals surface area (Å²) in [4.78, 5) is 36.9. The number of hydrogen-bond donors (Lipinski definition) is 1. The molecule has 0 aliphatic carbocycles. The standard InChI is InChI=1S/C21H38O8/c1-4-6-8-11-28-20(24)17(3)18(21(25)29-12-9-7-5-2)16-19(23)27-15-14-26-13-10-22/h17-18,22H,4-16H2,1-3H3. The fourth-order valence-electron chi connectivity index (χ4n) is 2.54. The summed E-state index contributed by atoms with van der Waals surface area (Å²) in [5, 5.41) is 8.64. The molecule has 0 heterocycles. The molecule has 0 aliphatic heterocycles. The van der Waals surface area contributed by atoms with E-state index in [1.807, 2.05) is 6.92 Å². The lowest BCUT2D eigenvalue weighted by Crippen LogP contribution is -2.33. The first-order valence-electron chi connectivity index (χ1n) is 10.6. The van der Waals surface area contributed by atoms with E-state index >= 15 is 0 Å². The van der Waals surface area contributed by atoms with Crippen molar-refractivity contribution in [2.45, 2.75) is 65.7 Å². The Morgan fingerprint density at radius 3 is 1.90 bits per heavy atom. The minimum absolute atomic E-state index is 0.00689. The van der Waals surface area contributed by atoms with Crippen LogP contribution in [0, 0.1) is 11.8 Å². The van der Waals surface area contributed by atoms with Crippen molar-refractivity contribution in [1.82, 2.24) is 0 Å². The van der Waals surface area contributed by atoms with Crippen LogP contribution in [0.5, 0.6) is 0 Å². The second-order valence-electron chi connectivity index (χ2n) is 6.90. The van der Waals surface area contributed by atoms with Gasteiger partial charge in [0, 0.05) is 0 Å². The number of hydrogen-bond acceptors (Lipinski definition) is 8.